The molecule has 27 heavy (non-hydrogen) atoms. The molecular formula is C19H29N3O4S. The molecule has 1 aromatic rings. The Morgan fingerprint density at radius 1 is 1.22 bits per heavy atom. The Kier molecular flexibility index (Phi) is 7.09. The number of nitrogens with one attached hydrogen (secondary N) is 1. The molecule has 2 heterocycles. The topological polar surface area (TPSA) is 80.2 Å². The van der Waals surface area contributed by atoms with Gasteiger partial charge in [0.15, 0.2) is 15.8 Å². The number of guanidine groups is 1. The van der Waals surface area contributed by atoms with Crippen LogP contribution in [-0.4, -0.2) is 77.1 Å². The van der Waals surface area contributed by atoms with Gasteiger partial charge in [0.05, 0.1) is 23.4 Å². The van der Waals surface area contributed by atoms with Gasteiger partial charge in [-0.2, -0.15) is 0 Å². The number of hydrogen-bond acceptors (Lipinski definition) is 5. The highest BCUT2D eigenvalue weighted by Gasteiger charge is 2.32. The highest BCUT2D eigenvalue weighted by Crippen LogP contribution is 2.21. The molecule has 0 bridgehead atoms. The maximum Gasteiger partial charge on any atom is 0.193 e. The Morgan fingerprint density at radius 3 is 2.70 bits per heavy atom. The third-order valence-electron chi connectivity index (χ3n) is 4.96. The Labute approximate surface area is 161 Å². The second kappa shape index (κ2) is 9.52. The molecule has 2 saturated heterocycles. The largest absolute Gasteiger partial charge is 0.375 e. The second-order valence-corrected chi connectivity index (χ2v) is 8.98. The van der Waals surface area contributed by atoms with Crippen LogP contribution in [0.25, 0.3) is 0 Å². The fourth-order valence-corrected chi connectivity index (χ4v) is 4.86. The van der Waals surface area contributed by atoms with Crippen LogP contribution < -0.4 is 5.32 Å². The minimum absolute atomic E-state index is 0.0678. The van der Waals surface area contributed by atoms with Gasteiger partial charge in [-0.3, -0.25) is 4.99 Å². The minimum atomic E-state index is -3.24. The van der Waals surface area contributed by atoms with Gasteiger partial charge in [-0.1, -0.05) is 18.2 Å². The molecule has 2 fully saturated rings. The zero-order valence-corrected chi connectivity index (χ0v) is 16.7. The first-order chi connectivity index (χ1) is 13.1. The monoisotopic (exact) mass is 395 g/mol. The molecular weight excluding hydrogens is 366 g/mol. The van der Waals surface area contributed by atoms with Crippen molar-refractivity contribution >= 4 is 15.8 Å². The molecule has 2 aliphatic rings. The van der Waals surface area contributed by atoms with Gasteiger partial charge in [-0.25, -0.2) is 8.42 Å². The zero-order valence-electron chi connectivity index (χ0n) is 15.8. The summed E-state index contributed by atoms with van der Waals surface area (Å²) in [6.45, 7) is 3.53. The molecule has 2 atom stereocenters. The van der Waals surface area contributed by atoms with Crippen molar-refractivity contribution in [1.82, 2.24) is 10.2 Å². The number of benzene rings is 1. The third-order valence-corrected chi connectivity index (χ3v) is 6.78. The zero-order chi connectivity index (χ0) is 19.1. The van der Waals surface area contributed by atoms with E-state index in [-0.39, 0.29) is 18.0 Å². The second-order valence-electron chi connectivity index (χ2n) is 6.87. The molecule has 1 aromatic carbocycles. The minimum Gasteiger partial charge on any atom is -0.375 e. The molecule has 0 amide bonds. The van der Waals surface area contributed by atoms with E-state index in [0.717, 1.165) is 38.5 Å². The van der Waals surface area contributed by atoms with Crippen LogP contribution in [-0.2, 0) is 19.3 Å². The highest BCUT2D eigenvalue weighted by atomic mass is 32.2. The SMILES string of the molecule is CN=C(NCCCS(=O)(=O)c1ccccc1)N1CCOC(C2CCCO2)C1. The molecule has 1 N–H and O–H groups in total. The number of ether oxygens (including phenoxy) is 2. The summed E-state index contributed by atoms with van der Waals surface area (Å²) in [6, 6.07) is 8.59. The van der Waals surface area contributed by atoms with E-state index < -0.39 is 9.84 Å². The van der Waals surface area contributed by atoms with Crippen molar-refractivity contribution in [2.75, 3.05) is 45.6 Å². The van der Waals surface area contributed by atoms with Gasteiger partial charge in [0, 0.05) is 33.3 Å². The fourth-order valence-electron chi connectivity index (χ4n) is 3.53. The summed E-state index contributed by atoms with van der Waals surface area (Å²) in [4.78, 5) is 6.90. The highest BCUT2D eigenvalue weighted by molar-refractivity contribution is 7.91. The van der Waals surface area contributed by atoms with Crippen molar-refractivity contribution in [3.8, 4) is 0 Å². The van der Waals surface area contributed by atoms with Crippen LogP contribution in [0.15, 0.2) is 40.2 Å². The summed E-state index contributed by atoms with van der Waals surface area (Å²) in [5, 5.41) is 3.29. The smallest absolute Gasteiger partial charge is 0.193 e. The van der Waals surface area contributed by atoms with Crippen molar-refractivity contribution in [2.24, 2.45) is 4.99 Å². The summed E-state index contributed by atoms with van der Waals surface area (Å²) in [5.74, 6) is 0.904. The lowest BCUT2D eigenvalue weighted by Gasteiger charge is -2.37. The van der Waals surface area contributed by atoms with E-state index in [9.17, 15) is 8.42 Å². The molecule has 0 saturated carbocycles. The fraction of sp³-hybridized carbons (Fsp3) is 0.632. The lowest BCUT2D eigenvalue weighted by molar-refractivity contribution is -0.0816. The Balaban J connectivity index is 1.46. The molecule has 0 spiro atoms. The van der Waals surface area contributed by atoms with E-state index in [1.807, 2.05) is 6.07 Å². The van der Waals surface area contributed by atoms with E-state index >= 15 is 0 Å². The Bertz CT molecular complexity index is 718. The molecule has 0 radical (unpaired) electrons. The van der Waals surface area contributed by atoms with Crippen LogP contribution in [0.5, 0.6) is 0 Å². The Morgan fingerprint density at radius 2 is 2.00 bits per heavy atom. The van der Waals surface area contributed by atoms with E-state index in [4.69, 9.17) is 9.47 Å². The van der Waals surface area contributed by atoms with Crippen molar-refractivity contribution in [3.05, 3.63) is 30.3 Å². The quantitative estimate of drug-likeness (QED) is 0.444. The van der Waals surface area contributed by atoms with Gasteiger partial charge in [-0.15, -0.1) is 0 Å². The van der Waals surface area contributed by atoms with E-state index in [0.29, 0.717) is 24.5 Å². The number of morpholine rings is 1. The maximum atomic E-state index is 12.3. The van der Waals surface area contributed by atoms with Crippen LogP contribution in [0, 0.1) is 0 Å². The lowest BCUT2D eigenvalue weighted by Crippen LogP contribution is -2.53. The van der Waals surface area contributed by atoms with Gasteiger partial charge in [0.25, 0.3) is 0 Å². The van der Waals surface area contributed by atoms with Gasteiger partial charge in [0.2, 0.25) is 0 Å². The van der Waals surface area contributed by atoms with Gasteiger partial charge in [-0.05, 0) is 31.4 Å². The van der Waals surface area contributed by atoms with Crippen LogP contribution in [0.3, 0.4) is 0 Å². The van der Waals surface area contributed by atoms with E-state index in [1.54, 1.807) is 31.3 Å². The van der Waals surface area contributed by atoms with Gasteiger partial charge < -0.3 is 19.7 Å². The molecule has 7 nitrogen and oxygen atoms in total. The number of rotatable bonds is 6. The number of nitrogens with zero attached hydrogens (tertiary/aromatic N) is 2. The molecule has 3 rings (SSSR count). The normalized spacial score (nSPS) is 24.2. The Hall–Kier alpha value is -1.64. The molecule has 0 aromatic heterocycles. The molecule has 0 aliphatic carbocycles. The molecule has 2 unspecified atom stereocenters. The summed E-state index contributed by atoms with van der Waals surface area (Å²) in [6.07, 6.45) is 2.89. The predicted molar refractivity (Wildman–Crippen MR) is 105 cm³/mol. The first-order valence-electron chi connectivity index (χ1n) is 9.57. The van der Waals surface area contributed by atoms with Crippen LogP contribution >= 0.6 is 0 Å². The average Bonchev–Trinajstić information content (AvgIpc) is 3.24. The third kappa shape index (κ3) is 5.43. The van der Waals surface area contributed by atoms with Crippen molar-refractivity contribution in [2.45, 2.75) is 36.4 Å². The van der Waals surface area contributed by atoms with Crippen LogP contribution in [0.1, 0.15) is 19.3 Å². The average molecular weight is 396 g/mol. The number of hydrogen-bond donors (Lipinski definition) is 1. The first kappa shape index (κ1) is 20.1. The molecule has 2 aliphatic heterocycles. The van der Waals surface area contributed by atoms with E-state index in [1.165, 1.54) is 0 Å². The van der Waals surface area contributed by atoms with E-state index in [2.05, 4.69) is 15.2 Å². The summed E-state index contributed by atoms with van der Waals surface area (Å²) >= 11 is 0. The predicted octanol–water partition coefficient (Wildman–Crippen LogP) is 1.31. The van der Waals surface area contributed by atoms with Crippen LogP contribution in [0.4, 0.5) is 0 Å². The van der Waals surface area contributed by atoms with Gasteiger partial charge in [0.1, 0.15) is 6.10 Å². The van der Waals surface area contributed by atoms with Crippen LogP contribution in [0.2, 0.25) is 0 Å². The standard InChI is InChI=1S/C19H29N3O4S/c1-20-19(22-11-13-26-18(15-22)17-9-5-12-25-17)21-10-6-14-27(23,24)16-7-3-2-4-8-16/h2-4,7-8,17-18H,5-6,9-15H2,1H3,(H,20,21). The summed E-state index contributed by atoms with van der Waals surface area (Å²) in [7, 11) is -1.49. The maximum absolute atomic E-state index is 12.3. The summed E-state index contributed by atoms with van der Waals surface area (Å²) < 4.78 is 36.3. The van der Waals surface area contributed by atoms with Crippen molar-refractivity contribution in [3.63, 3.8) is 0 Å². The lowest BCUT2D eigenvalue weighted by atomic mass is 10.1. The first-order valence-corrected chi connectivity index (χ1v) is 11.2. The summed E-state index contributed by atoms with van der Waals surface area (Å²) in [5.41, 5.74) is 0. The van der Waals surface area contributed by atoms with Crippen molar-refractivity contribution in [1.29, 1.82) is 0 Å². The number of sulfone groups is 1. The molecule has 150 valence electrons. The van der Waals surface area contributed by atoms with Crippen molar-refractivity contribution < 1.29 is 17.9 Å². The number of aliphatic imine (C=N–C) groups is 1. The molecule has 8 heteroatoms. The van der Waals surface area contributed by atoms with Gasteiger partial charge >= 0.3 is 0 Å².